The number of thiazole rings is 1. The van der Waals surface area contributed by atoms with E-state index in [-0.39, 0.29) is 33.6 Å². The normalized spacial score (nSPS) is 16.2. The van der Waals surface area contributed by atoms with Gasteiger partial charge in [0.05, 0.1) is 10.7 Å². The molecule has 1 aliphatic heterocycles. The highest BCUT2D eigenvalue weighted by Crippen LogP contribution is 2.40. The van der Waals surface area contributed by atoms with Crippen molar-refractivity contribution in [3.63, 3.8) is 0 Å². The summed E-state index contributed by atoms with van der Waals surface area (Å²) in [5.74, 6) is 0.120. The summed E-state index contributed by atoms with van der Waals surface area (Å²) in [5.41, 5.74) is -1.99. The number of hydrogen-bond acceptors (Lipinski definition) is 6. The Labute approximate surface area is 200 Å². The Morgan fingerprint density at radius 2 is 1.70 bits per heavy atom. The number of rotatable bonds is 2. The zero-order valence-electron chi connectivity index (χ0n) is 19.5. The average molecular weight is 505 g/mol. The molecular weight excluding hydrogens is 477 g/mol. The molecule has 0 bridgehead atoms. The molecule has 0 aromatic carbocycles. The molecule has 182 valence electrons. The van der Waals surface area contributed by atoms with Crippen molar-refractivity contribution in [3.05, 3.63) is 26.9 Å². The van der Waals surface area contributed by atoms with Crippen LogP contribution in [0.1, 0.15) is 76.8 Å². The lowest BCUT2D eigenvalue weighted by Gasteiger charge is -2.32. The number of halogens is 4. The molecule has 3 rings (SSSR count). The van der Waals surface area contributed by atoms with Crippen LogP contribution in [-0.2, 0) is 16.3 Å². The smallest absolute Gasteiger partial charge is 0.433 e. The molecule has 0 atom stereocenters. The van der Waals surface area contributed by atoms with E-state index in [1.54, 1.807) is 25.7 Å². The summed E-state index contributed by atoms with van der Waals surface area (Å²) in [7, 11) is 0. The lowest BCUT2D eigenvalue weighted by atomic mass is 9.95. The van der Waals surface area contributed by atoms with E-state index in [4.69, 9.17) is 16.3 Å². The van der Waals surface area contributed by atoms with Gasteiger partial charge in [0.1, 0.15) is 27.1 Å². The fraction of sp³-hybridized carbons (Fsp3) is 0.636. The van der Waals surface area contributed by atoms with Gasteiger partial charge in [-0.3, -0.25) is 0 Å². The minimum Gasteiger partial charge on any atom is -0.444 e. The van der Waals surface area contributed by atoms with Gasteiger partial charge in [0.2, 0.25) is 0 Å². The third kappa shape index (κ3) is 6.35. The highest BCUT2D eigenvalue weighted by Gasteiger charge is 2.36. The zero-order valence-corrected chi connectivity index (χ0v) is 21.1. The van der Waals surface area contributed by atoms with Gasteiger partial charge in [0, 0.05) is 24.4 Å². The highest BCUT2D eigenvalue weighted by molar-refractivity contribution is 7.16. The molecule has 2 aromatic heterocycles. The molecule has 6 nitrogen and oxygen atoms in total. The van der Waals surface area contributed by atoms with Crippen LogP contribution in [-0.4, -0.2) is 44.6 Å². The maximum Gasteiger partial charge on any atom is 0.433 e. The molecule has 0 radical (unpaired) electrons. The Kier molecular flexibility index (Phi) is 7.02. The largest absolute Gasteiger partial charge is 0.444 e. The molecule has 0 N–H and O–H groups in total. The second kappa shape index (κ2) is 9.02. The predicted octanol–water partition coefficient (Wildman–Crippen LogP) is 6.68. The standard InChI is InChI=1S/C22H28ClF3N4O2S/c1-20(2,3)18-27-13(11-14(28-18)22(24,25)26)15-16(23)33-17(29-15)12-7-9-30(10-8-12)19(31)32-21(4,5)6/h11-12H,7-10H2,1-6H3. The molecule has 0 aliphatic carbocycles. The number of nitrogens with zero attached hydrogens (tertiary/aromatic N) is 4. The van der Waals surface area contributed by atoms with Crippen LogP contribution < -0.4 is 0 Å². The van der Waals surface area contributed by atoms with Gasteiger partial charge >= 0.3 is 12.3 Å². The monoisotopic (exact) mass is 504 g/mol. The molecule has 1 saturated heterocycles. The van der Waals surface area contributed by atoms with E-state index < -0.39 is 22.9 Å². The summed E-state index contributed by atoms with van der Waals surface area (Å²) in [5, 5.41) is 0.725. The first-order valence-electron chi connectivity index (χ1n) is 10.7. The summed E-state index contributed by atoms with van der Waals surface area (Å²) in [6, 6.07) is 0.894. The number of aromatic nitrogens is 3. The number of amides is 1. The van der Waals surface area contributed by atoms with Crippen LogP contribution in [0.4, 0.5) is 18.0 Å². The van der Waals surface area contributed by atoms with Crippen LogP contribution in [0, 0.1) is 0 Å². The average Bonchev–Trinajstić information content (AvgIpc) is 3.07. The Balaban J connectivity index is 1.84. The van der Waals surface area contributed by atoms with Crippen LogP contribution in [0.5, 0.6) is 0 Å². The third-order valence-corrected chi connectivity index (χ3v) is 6.45. The minimum absolute atomic E-state index is 0.0472. The van der Waals surface area contributed by atoms with E-state index >= 15 is 0 Å². The Hall–Kier alpha value is -1.94. The van der Waals surface area contributed by atoms with Crippen LogP contribution in [0.15, 0.2) is 6.07 Å². The molecule has 33 heavy (non-hydrogen) atoms. The zero-order chi connectivity index (χ0) is 24.8. The van der Waals surface area contributed by atoms with Gasteiger partial charge in [-0.15, -0.1) is 11.3 Å². The number of hydrogen-bond donors (Lipinski definition) is 0. The molecule has 0 spiro atoms. The first-order chi connectivity index (χ1) is 15.0. The van der Waals surface area contributed by atoms with E-state index in [0.717, 1.165) is 11.1 Å². The lowest BCUT2D eigenvalue weighted by molar-refractivity contribution is -0.141. The quantitative estimate of drug-likeness (QED) is 0.456. The molecule has 1 amide bonds. The fourth-order valence-electron chi connectivity index (χ4n) is 3.33. The van der Waals surface area contributed by atoms with Gasteiger partial charge in [0.15, 0.2) is 0 Å². The molecule has 2 aromatic rings. The maximum atomic E-state index is 13.5. The number of carbonyl (C=O) groups is 1. The molecule has 1 fully saturated rings. The van der Waals surface area contributed by atoms with Gasteiger partial charge in [-0.05, 0) is 39.7 Å². The van der Waals surface area contributed by atoms with E-state index in [1.165, 1.54) is 11.3 Å². The highest BCUT2D eigenvalue weighted by atomic mass is 35.5. The van der Waals surface area contributed by atoms with Crippen molar-refractivity contribution in [3.8, 4) is 11.4 Å². The van der Waals surface area contributed by atoms with E-state index in [2.05, 4.69) is 15.0 Å². The van der Waals surface area contributed by atoms with Gasteiger partial charge in [-0.25, -0.2) is 19.7 Å². The molecular formula is C22H28ClF3N4O2S. The van der Waals surface area contributed by atoms with Crippen LogP contribution in [0.25, 0.3) is 11.4 Å². The topological polar surface area (TPSA) is 68.2 Å². The first-order valence-corrected chi connectivity index (χ1v) is 11.9. The molecule has 11 heteroatoms. The fourth-order valence-corrected chi connectivity index (χ4v) is 4.68. The lowest BCUT2D eigenvalue weighted by Crippen LogP contribution is -2.41. The summed E-state index contributed by atoms with van der Waals surface area (Å²) in [6.07, 6.45) is -3.65. The molecule has 0 unspecified atom stereocenters. The second-order valence-electron chi connectivity index (χ2n) is 10.1. The number of piperidine rings is 1. The number of ether oxygens (including phenoxy) is 1. The Morgan fingerprint density at radius 3 is 2.21 bits per heavy atom. The van der Waals surface area contributed by atoms with Crippen molar-refractivity contribution in [1.29, 1.82) is 0 Å². The van der Waals surface area contributed by atoms with E-state index in [9.17, 15) is 18.0 Å². The predicted molar refractivity (Wildman–Crippen MR) is 122 cm³/mol. The SMILES string of the molecule is CC(C)(C)OC(=O)N1CCC(c2nc(-c3cc(C(F)(F)F)nc(C(C)(C)C)n3)c(Cl)s2)CC1. The Bertz CT molecular complexity index is 988. The molecule has 0 saturated carbocycles. The van der Waals surface area contributed by atoms with Crippen molar-refractivity contribution in [2.45, 2.75) is 77.5 Å². The number of alkyl halides is 3. The Morgan fingerprint density at radius 1 is 1.09 bits per heavy atom. The van der Waals surface area contributed by atoms with Crippen LogP contribution in [0.2, 0.25) is 4.34 Å². The van der Waals surface area contributed by atoms with Crippen LogP contribution >= 0.6 is 22.9 Å². The summed E-state index contributed by atoms with van der Waals surface area (Å²) >= 11 is 7.65. The maximum absolute atomic E-state index is 13.5. The molecule has 3 heterocycles. The van der Waals surface area contributed by atoms with Crippen molar-refractivity contribution in [2.24, 2.45) is 0 Å². The van der Waals surface area contributed by atoms with E-state index in [1.807, 2.05) is 20.8 Å². The van der Waals surface area contributed by atoms with Crippen LogP contribution in [0.3, 0.4) is 0 Å². The van der Waals surface area contributed by atoms with Gasteiger partial charge < -0.3 is 9.64 Å². The first kappa shape index (κ1) is 25.7. The van der Waals surface area contributed by atoms with Crippen molar-refractivity contribution < 1.29 is 22.7 Å². The van der Waals surface area contributed by atoms with Crippen molar-refractivity contribution >= 4 is 29.0 Å². The second-order valence-corrected chi connectivity index (χ2v) is 11.8. The van der Waals surface area contributed by atoms with Gasteiger partial charge in [-0.1, -0.05) is 32.4 Å². The number of likely N-dealkylation sites (tertiary alicyclic amines) is 1. The molecule has 1 aliphatic rings. The van der Waals surface area contributed by atoms with E-state index in [0.29, 0.717) is 25.9 Å². The van der Waals surface area contributed by atoms with Crippen molar-refractivity contribution in [1.82, 2.24) is 19.9 Å². The van der Waals surface area contributed by atoms with Gasteiger partial charge in [-0.2, -0.15) is 13.2 Å². The summed E-state index contributed by atoms with van der Waals surface area (Å²) in [4.78, 5) is 26.6. The summed E-state index contributed by atoms with van der Waals surface area (Å²) < 4.78 is 46.1. The minimum atomic E-state index is -4.61. The number of carbonyl (C=O) groups excluding carboxylic acids is 1. The summed E-state index contributed by atoms with van der Waals surface area (Å²) in [6.45, 7) is 11.7. The van der Waals surface area contributed by atoms with Gasteiger partial charge in [0.25, 0.3) is 0 Å². The third-order valence-electron chi connectivity index (χ3n) is 5.03. The van der Waals surface area contributed by atoms with Crippen molar-refractivity contribution in [2.75, 3.05) is 13.1 Å².